The number of ketones is 1. The summed E-state index contributed by atoms with van der Waals surface area (Å²) in [7, 11) is 1.55. The van der Waals surface area contributed by atoms with Crippen LogP contribution >= 0.6 is 12.0 Å². The number of nitrogens with one attached hydrogen (secondary N) is 1. The van der Waals surface area contributed by atoms with Crippen LogP contribution in [0.15, 0.2) is 65.7 Å². The summed E-state index contributed by atoms with van der Waals surface area (Å²) in [6.45, 7) is 0. The maximum atomic E-state index is 13.0. The van der Waals surface area contributed by atoms with Gasteiger partial charge in [-0.1, -0.05) is 54.6 Å². The van der Waals surface area contributed by atoms with Crippen molar-refractivity contribution in [1.29, 1.82) is 0 Å². The van der Waals surface area contributed by atoms with Crippen molar-refractivity contribution >= 4 is 34.3 Å². The molecule has 1 N–H and O–H groups in total. The van der Waals surface area contributed by atoms with Crippen molar-refractivity contribution in [2.45, 2.75) is 0 Å². The Bertz CT molecular complexity index is 929. The van der Waals surface area contributed by atoms with Gasteiger partial charge >= 0.3 is 0 Å². The second-order valence-corrected chi connectivity index (χ2v) is 6.31. The summed E-state index contributed by atoms with van der Waals surface area (Å²) in [5.74, 6) is -0.412. The Hall–Kier alpha value is -2.63. The zero-order valence-electron chi connectivity index (χ0n) is 12.8. The van der Waals surface area contributed by atoms with Gasteiger partial charge < -0.3 is 9.50 Å². The fourth-order valence-corrected chi connectivity index (χ4v) is 3.77. The van der Waals surface area contributed by atoms with Gasteiger partial charge in [0.2, 0.25) is 0 Å². The number of rotatable bonds is 3. The average Bonchev–Trinajstić information content (AvgIpc) is 2.97. The summed E-state index contributed by atoms with van der Waals surface area (Å²) in [6.07, 6.45) is 0. The summed E-state index contributed by atoms with van der Waals surface area (Å²) in [4.78, 5) is 26.3. The first kappa shape index (κ1) is 14.9. The van der Waals surface area contributed by atoms with E-state index in [1.54, 1.807) is 13.2 Å². The molecule has 1 heterocycles. The molecule has 2 aliphatic rings. The molecule has 0 fully saturated rings. The minimum Gasteiger partial charge on any atom is -0.321 e. The molecule has 2 aromatic rings. The van der Waals surface area contributed by atoms with Gasteiger partial charge in [0.15, 0.2) is 5.78 Å². The number of hydrogen-bond acceptors (Lipinski definition) is 4. The first-order valence-electron chi connectivity index (χ1n) is 7.43. The number of hydrogen-bond donors (Lipinski definition) is 1. The van der Waals surface area contributed by atoms with Crippen molar-refractivity contribution < 1.29 is 13.8 Å². The van der Waals surface area contributed by atoms with Gasteiger partial charge in [0.05, 0.1) is 28.9 Å². The van der Waals surface area contributed by atoms with E-state index in [0.717, 1.165) is 23.2 Å². The van der Waals surface area contributed by atoms with Gasteiger partial charge in [0.25, 0.3) is 5.91 Å². The predicted molar refractivity (Wildman–Crippen MR) is 93.8 cm³/mol. The van der Waals surface area contributed by atoms with E-state index >= 15 is 0 Å². The molecule has 0 bridgehead atoms. The molecular weight excluding hydrogens is 322 g/mol. The smallest absolute Gasteiger partial charge is 0.257 e. The van der Waals surface area contributed by atoms with Crippen LogP contribution in [0, 0.1) is 0 Å². The van der Waals surface area contributed by atoms with Gasteiger partial charge in [-0.2, -0.15) is 0 Å². The highest BCUT2D eigenvalue weighted by Crippen LogP contribution is 2.45. The lowest BCUT2D eigenvalue weighted by Crippen LogP contribution is -2.19. The highest BCUT2D eigenvalue weighted by Gasteiger charge is 2.40. The van der Waals surface area contributed by atoms with Gasteiger partial charge in [-0.15, -0.1) is 0 Å². The molecule has 0 saturated heterocycles. The van der Waals surface area contributed by atoms with Crippen LogP contribution in [0.5, 0.6) is 0 Å². The molecular formula is C19H13NO3S. The van der Waals surface area contributed by atoms with E-state index in [2.05, 4.69) is 5.32 Å². The van der Waals surface area contributed by atoms with Crippen molar-refractivity contribution in [2.24, 2.45) is 0 Å². The third-order valence-corrected chi connectivity index (χ3v) is 4.82. The lowest BCUT2D eigenvalue weighted by Gasteiger charge is -2.19. The van der Waals surface area contributed by atoms with Crippen LogP contribution in [0.2, 0.25) is 0 Å². The van der Waals surface area contributed by atoms with Gasteiger partial charge in [-0.05, 0) is 5.56 Å². The normalized spacial score (nSPS) is 16.2. The Morgan fingerprint density at radius 3 is 2.25 bits per heavy atom. The Kier molecular flexibility index (Phi) is 3.59. The number of fused-ring (bicyclic) bond motifs is 2. The molecule has 0 spiro atoms. The molecule has 0 unspecified atom stereocenters. The van der Waals surface area contributed by atoms with E-state index < -0.39 is 0 Å². The van der Waals surface area contributed by atoms with Crippen LogP contribution in [0.25, 0.3) is 10.6 Å². The molecule has 2 aromatic carbocycles. The van der Waals surface area contributed by atoms with Crippen LogP contribution in [-0.2, 0) is 8.98 Å². The van der Waals surface area contributed by atoms with Crippen molar-refractivity contribution in [3.05, 3.63) is 82.4 Å². The minimum absolute atomic E-state index is 0.141. The SMILES string of the molecule is COSC1=C2C(=O)NC(c3ccccc3)=C2C(=O)c2ccccc21. The zero-order chi connectivity index (χ0) is 16.7. The van der Waals surface area contributed by atoms with E-state index in [4.69, 9.17) is 4.18 Å². The lowest BCUT2D eigenvalue weighted by atomic mass is 9.86. The molecule has 4 rings (SSSR count). The molecule has 4 nitrogen and oxygen atoms in total. The Morgan fingerprint density at radius 2 is 1.54 bits per heavy atom. The molecule has 5 heteroatoms. The molecule has 0 radical (unpaired) electrons. The second-order valence-electron chi connectivity index (χ2n) is 5.40. The quantitative estimate of drug-likeness (QED) is 0.873. The lowest BCUT2D eigenvalue weighted by molar-refractivity contribution is -0.115. The van der Waals surface area contributed by atoms with Crippen molar-refractivity contribution in [2.75, 3.05) is 7.11 Å². The molecule has 0 aromatic heterocycles. The summed E-state index contributed by atoms with van der Waals surface area (Å²) in [6, 6.07) is 16.7. The predicted octanol–water partition coefficient (Wildman–Crippen LogP) is 3.43. The second kappa shape index (κ2) is 5.78. The highest BCUT2D eigenvalue weighted by atomic mass is 32.2. The van der Waals surface area contributed by atoms with Crippen molar-refractivity contribution in [3.63, 3.8) is 0 Å². The average molecular weight is 335 g/mol. The summed E-state index contributed by atoms with van der Waals surface area (Å²) < 4.78 is 5.22. The molecule has 1 aliphatic heterocycles. The number of carbonyl (C=O) groups is 2. The Balaban J connectivity index is 2.03. The van der Waals surface area contributed by atoms with Gasteiger partial charge in [-0.3, -0.25) is 9.59 Å². The molecule has 1 aliphatic carbocycles. The van der Waals surface area contributed by atoms with Gasteiger partial charge in [0, 0.05) is 23.2 Å². The van der Waals surface area contributed by atoms with E-state index in [1.807, 2.05) is 48.5 Å². The monoisotopic (exact) mass is 335 g/mol. The standard InChI is InChI=1S/C19H13NO3S/c1-23-24-18-13-10-6-5-9-12(13)17(21)14-15(18)19(22)20-16(14)11-7-3-2-4-8-11/h2-10H,1H3,(H,20,22). The number of amides is 1. The summed E-state index contributed by atoms with van der Waals surface area (Å²) >= 11 is 1.11. The van der Waals surface area contributed by atoms with E-state index in [0.29, 0.717) is 27.3 Å². The fraction of sp³-hybridized carbons (Fsp3) is 0.0526. The fourth-order valence-electron chi connectivity index (χ4n) is 3.06. The highest BCUT2D eigenvalue weighted by molar-refractivity contribution is 8.04. The zero-order valence-corrected chi connectivity index (χ0v) is 13.6. The van der Waals surface area contributed by atoms with Crippen molar-refractivity contribution in [1.82, 2.24) is 5.32 Å². The Labute approximate surface area is 143 Å². The van der Waals surface area contributed by atoms with Crippen LogP contribution in [0.4, 0.5) is 0 Å². The number of Topliss-reactive ketones (excluding diaryl/α,β-unsaturated/α-hetero) is 1. The summed E-state index contributed by atoms with van der Waals surface area (Å²) in [5, 5.41) is 2.86. The number of benzene rings is 2. The molecule has 1 amide bonds. The molecule has 0 saturated carbocycles. The van der Waals surface area contributed by atoms with Crippen LogP contribution in [0.1, 0.15) is 21.5 Å². The van der Waals surface area contributed by atoms with E-state index in [1.165, 1.54) is 0 Å². The topological polar surface area (TPSA) is 55.4 Å². The maximum absolute atomic E-state index is 13.0. The van der Waals surface area contributed by atoms with Crippen LogP contribution in [-0.4, -0.2) is 18.8 Å². The number of carbonyl (C=O) groups excluding carboxylic acids is 2. The molecule has 118 valence electrons. The van der Waals surface area contributed by atoms with Gasteiger partial charge in [-0.25, -0.2) is 0 Å². The minimum atomic E-state index is -0.272. The van der Waals surface area contributed by atoms with E-state index in [-0.39, 0.29) is 11.7 Å². The molecule has 0 atom stereocenters. The first-order valence-corrected chi connectivity index (χ1v) is 8.17. The molecule has 24 heavy (non-hydrogen) atoms. The Morgan fingerprint density at radius 1 is 0.875 bits per heavy atom. The van der Waals surface area contributed by atoms with E-state index in [9.17, 15) is 9.59 Å². The largest absolute Gasteiger partial charge is 0.321 e. The van der Waals surface area contributed by atoms with Crippen molar-refractivity contribution in [3.8, 4) is 0 Å². The van der Waals surface area contributed by atoms with Crippen LogP contribution in [0.3, 0.4) is 0 Å². The third kappa shape index (κ3) is 2.13. The maximum Gasteiger partial charge on any atom is 0.257 e. The summed E-state index contributed by atoms with van der Waals surface area (Å²) in [5.41, 5.74) is 3.50. The van der Waals surface area contributed by atoms with Gasteiger partial charge in [0.1, 0.15) is 0 Å². The third-order valence-electron chi connectivity index (χ3n) is 4.07. The first-order chi connectivity index (χ1) is 11.7. The van der Waals surface area contributed by atoms with Crippen LogP contribution < -0.4 is 5.32 Å².